The van der Waals surface area contributed by atoms with E-state index in [4.69, 9.17) is 11.6 Å². The van der Waals surface area contributed by atoms with Crippen molar-refractivity contribution in [3.05, 3.63) is 65.2 Å². The monoisotopic (exact) mass is 403 g/mol. The molecule has 0 aromatic heterocycles. The van der Waals surface area contributed by atoms with Crippen molar-refractivity contribution in [1.29, 1.82) is 0 Å². The molecule has 0 aliphatic carbocycles. The highest BCUT2D eigenvalue weighted by atomic mass is 35.5. The van der Waals surface area contributed by atoms with Crippen LogP contribution >= 0.6 is 23.4 Å². The van der Waals surface area contributed by atoms with Gasteiger partial charge in [-0.25, -0.2) is 0 Å². The second-order valence-corrected chi connectivity index (χ2v) is 8.37. The number of nitrogens with zero attached hydrogens (tertiary/aromatic N) is 1. The van der Waals surface area contributed by atoms with Crippen LogP contribution in [-0.4, -0.2) is 36.2 Å². The van der Waals surface area contributed by atoms with Crippen molar-refractivity contribution < 1.29 is 4.79 Å². The zero-order chi connectivity index (χ0) is 19.1. The second kappa shape index (κ2) is 10.1. The van der Waals surface area contributed by atoms with E-state index in [1.165, 1.54) is 5.56 Å². The van der Waals surface area contributed by atoms with Gasteiger partial charge in [0.1, 0.15) is 0 Å². The fourth-order valence-corrected chi connectivity index (χ4v) is 4.17. The third-order valence-electron chi connectivity index (χ3n) is 4.83. The van der Waals surface area contributed by atoms with Gasteiger partial charge in [-0.2, -0.15) is 0 Å². The average molecular weight is 404 g/mol. The van der Waals surface area contributed by atoms with Crippen LogP contribution in [0.3, 0.4) is 0 Å². The Kier molecular flexibility index (Phi) is 7.59. The summed E-state index contributed by atoms with van der Waals surface area (Å²) < 4.78 is 0. The van der Waals surface area contributed by atoms with Gasteiger partial charge in [0.05, 0.1) is 5.75 Å². The van der Waals surface area contributed by atoms with E-state index in [0.29, 0.717) is 22.9 Å². The fourth-order valence-electron chi connectivity index (χ4n) is 3.20. The van der Waals surface area contributed by atoms with Crippen molar-refractivity contribution in [2.45, 2.75) is 36.2 Å². The van der Waals surface area contributed by atoms with Gasteiger partial charge < -0.3 is 4.90 Å². The van der Waals surface area contributed by atoms with Crippen LogP contribution in [0.2, 0.25) is 5.02 Å². The lowest BCUT2D eigenvalue weighted by atomic mass is 10.00. The quantitative estimate of drug-likeness (QED) is 0.646. The summed E-state index contributed by atoms with van der Waals surface area (Å²) in [6.45, 7) is 0.786. The number of hydrogen-bond donors (Lipinski definition) is 2. The number of nitrogens with one attached hydrogen (secondary N) is 2. The number of rotatable bonds is 8. The zero-order valence-corrected chi connectivity index (χ0v) is 17.1. The lowest BCUT2D eigenvalue weighted by molar-refractivity contribution is -0.127. The Labute approximate surface area is 170 Å². The molecule has 2 aromatic carbocycles. The molecular weight excluding hydrogens is 378 g/mol. The Morgan fingerprint density at radius 1 is 1.15 bits per heavy atom. The number of benzene rings is 2. The third kappa shape index (κ3) is 6.25. The largest absolute Gasteiger partial charge is 0.345 e. The van der Waals surface area contributed by atoms with Crippen LogP contribution < -0.4 is 10.9 Å². The Morgan fingerprint density at radius 2 is 1.89 bits per heavy atom. The van der Waals surface area contributed by atoms with E-state index < -0.39 is 0 Å². The predicted octanol–water partition coefficient (Wildman–Crippen LogP) is 4.28. The Morgan fingerprint density at radius 3 is 2.63 bits per heavy atom. The topological polar surface area (TPSA) is 44.4 Å². The minimum Gasteiger partial charge on any atom is -0.345 e. The Balaban J connectivity index is 1.34. The molecule has 1 saturated heterocycles. The summed E-state index contributed by atoms with van der Waals surface area (Å²) in [5.74, 6) is 0.617. The maximum absolute atomic E-state index is 12.3. The van der Waals surface area contributed by atoms with Gasteiger partial charge in [0.25, 0.3) is 0 Å². The summed E-state index contributed by atoms with van der Waals surface area (Å²) in [6.07, 6.45) is 3.13. The molecular formula is C21H26ClN3OS. The molecule has 1 aliphatic rings. The van der Waals surface area contributed by atoms with Crippen molar-refractivity contribution in [2.24, 2.45) is 0 Å². The molecule has 2 aromatic rings. The summed E-state index contributed by atoms with van der Waals surface area (Å²) in [5.41, 5.74) is 8.09. The maximum atomic E-state index is 12.3. The Hall–Kier alpha value is -1.53. The summed E-state index contributed by atoms with van der Waals surface area (Å²) >= 11 is 7.44. The fraction of sp³-hybridized carbons (Fsp3) is 0.381. The van der Waals surface area contributed by atoms with Crippen LogP contribution in [0.4, 0.5) is 0 Å². The van der Waals surface area contributed by atoms with E-state index in [2.05, 4.69) is 35.1 Å². The van der Waals surface area contributed by atoms with Gasteiger partial charge in [-0.3, -0.25) is 15.6 Å². The minimum atomic E-state index is 0.162. The molecule has 0 radical (unpaired) electrons. The van der Waals surface area contributed by atoms with Crippen LogP contribution in [-0.2, 0) is 4.79 Å². The Bertz CT molecular complexity index is 726. The van der Waals surface area contributed by atoms with Gasteiger partial charge in [0, 0.05) is 35.6 Å². The number of hydrazine groups is 1. The van der Waals surface area contributed by atoms with Crippen LogP contribution in [0, 0.1) is 0 Å². The van der Waals surface area contributed by atoms with Crippen molar-refractivity contribution in [3.8, 4) is 0 Å². The molecule has 0 saturated carbocycles. The van der Waals surface area contributed by atoms with Gasteiger partial charge >= 0.3 is 0 Å². The third-order valence-corrected chi connectivity index (χ3v) is 6.08. The molecule has 1 amide bonds. The predicted molar refractivity (Wildman–Crippen MR) is 113 cm³/mol. The molecule has 4 nitrogen and oxygen atoms in total. The first-order valence-electron chi connectivity index (χ1n) is 9.30. The molecule has 3 rings (SSSR count). The summed E-state index contributed by atoms with van der Waals surface area (Å²) in [7, 11) is 1.89. The smallest absolute Gasteiger partial charge is 0.232 e. The van der Waals surface area contributed by atoms with E-state index in [1.54, 1.807) is 11.8 Å². The number of hydrogen-bond acceptors (Lipinski definition) is 4. The highest BCUT2D eigenvalue weighted by molar-refractivity contribution is 8.00. The van der Waals surface area contributed by atoms with E-state index in [1.807, 2.05) is 42.3 Å². The number of carbonyl (C=O) groups is 1. The molecule has 27 heavy (non-hydrogen) atoms. The molecule has 144 valence electrons. The number of amides is 1. The van der Waals surface area contributed by atoms with Gasteiger partial charge in [0.15, 0.2) is 0 Å². The normalized spacial score (nSPS) is 19.2. The maximum Gasteiger partial charge on any atom is 0.232 e. The van der Waals surface area contributed by atoms with E-state index >= 15 is 0 Å². The first kappa shape index (κ1) is 20.2. The first-order chi connectivity index (χ1) is 13.1. The first-order valence-corrected chi connectivity index (χ1v) is 10.7. The molecule has 1 aliphatic heterocycles. The van der Waals surface area contributed by atoms with Crippen molar-refractivity contribution >= 4 is 29.3 Å². The SMILES string of the molecule is CN(CCCC1CC(c2ccccc2)NN1)C(=O)CSc1ccc(Cl)cc1. The molecule has 2 unspecified atom stereocenters. The molecule has 2 atom stereocenters. The van der Waals surface area contributed by atoms with Crippen LogP contribution in [0.1, 0.15) is 30.9 Å². The average Bonchev–Trinajstić information content (AvgIpc) is 3.17. The summed E-state index contributed by atoms with van der Waals surface area (Å²) in [6, 6.07) is 18.9. The molecule has 1 heterocycles. The number of carbonyl (C=O) groups excluding carboxylic acids is 1. The summed E-state index contributed by atoms with van der Waals surface area (Å²) in [4.78, 5) is 15.2. The van der Waals surface area contributed by atoms with Crippen molar-refractivity contribution in [1.82, 2.24) is 15.8 Å². The molecule has 1 fully saturated rings. The van der Waals surface area contributed by atoms with Crippen LogP contribution in [0.15, 0.2) is 59.5 Å². The van der Waals surface area contributed by atoms with E-state index in [0.717, 1.165) is 30.7 Å². The second-order valence-electron chi connectivity index (χ2n) is 6.88. The van der Waals surface area contributed by atoms with E-state index in [-0.39, 0.29) is 5.91 Å². The molecule has 2 N–H and O–H groups in total. The van der Waals surface area contributed by atoms with E-state index in [9.17, 15) is 4.79 Å². The zero-order valence-electron chi connectivity index (χ0n) is 15.5. The lowest BCUT2D eigenvalue weighted by Gasteiger charge is -2.18. The van der Waals surface area contributed by atoms with Gasteiger partial charge in [-0.05, 0) is 49.1 Å². The van der Waals surface area contributed by atoms with Crippen molar-refractivity contribution in [3.63, 3.8) is 0 Å². The van der Waals surface area contributed by atoms with Crippen molar-refractivity contribution in [2.75, 3.05) is 19.3 Å². The highest BCUT2D eigenvalue weighted by Crippen LogP contribution is 2.24. The molecule has 6 heteroatoms. The van der Waals surface area contributed by atoms with Gasteiger partial charge in [-0.15, -0.1) is 11.8 Å². The minimum absolute atomic E-state index is 0.162. The van der Waals surface area contributed by atoms with Gasteiger partial charge in [0.2, 0.25) is 5.91 Å². The van der Waals surface area contributed by atoms with Gasteiger partial charge in [-0.1, -0.05) is 41.9 Å². The van der Waals surface area contributed by atoms with Crippen LogP contribution in [0.5, 0.6) is 0 Å². The lowest BCUT2D eigenvalue weighted by Crippen LogP contribution is -2.33. The number of halogens is 1. The molecule has 0 spiro atoms. The molecule has 0 bridgehead atoms. The number of thioether (sulfide) groups is 1. The van der Waals surface area contributed by atoms with Crippen LogP contribution in [0.25, 0.3) is 0 Å². The summed E-state index contributed by atoms with van der Waals surface area (Å²) in [5, 5.41) is 0.715. The standard InChI is InChI=1S/C21H26ClN3OS/c1-25(21(26)15-27-19-11-9-17(22)10-12-19)13-5-8-18-14-20(24-23-18)16-6-3-2-4-7-16/h2-4,6-7,9-12,18,20,23-24H,5,8,13-15H2,1H3. The highest BCUT2D eigenvalue weighted by Gasteiger charge is 2.24.